The minimum atomic E-state index is -0.0854. The molecule has 0 bridgehead atoms. The van der Waals surface area contributed by atoms with Gasteiger partial charge in [-0.25, -0.2) is 0 Å². The Bertz CT molecular complexity index is 3080. The number of anilines is 3. The lowest BCUT2D eigenvalue weighted by Crippen LogP contribution is -2.16. The molecule has 0 saturated carbocycles. The Morgan fingerprint density at radius 2 is 0.929 bits per heavy atom. The summed E-state index contributed by atoms with van der Waals surface area (Å²) in [5.74, 6) is 0. The molecule has 0 unspecified atom stereocenters. The maximum atomic E-state index is 2.44. The van der Waals surface area contributed by atoms with E-state index in [-0.39, 0.29) is 5.41 Å². The topological polar surface area (TPSA) is 13.1 Å². The third kappa shape index (κ3) is 4.77. The number of fused-ring (bicyclic) bond motifs is 8. The zero-order valence-electron chi connectivity index (χ0n) is 31.4. The fraction of sp³-hybridized carbons (Fsp3) is 0.0566. The molecule has 11 rings (SSSR count). The van der Waals surface area contributed by atoms with E-state index in [1.807, 2.05) is 0 Å². The van der Waals surface area contributed by atoms with Crippen molar-refractivity contribution in [3.05, 3.63) is 211 Å². The summed E-state index contributed by atoms with van der Waals surface area (Å²) >= 11 is 0. The Kier molecular flexibility index (Phi) is 7.20. The van der Waals surface area contributed by atoms with Gasteiger partial charge in [0.05, 0.1) is 11.0 Å². The van der Waals surface area contributed by atoms with Crippen LogP contribution in [0.2, 0.25) is 0 Å². The van der Waals surface area contributed by atoms with Crippen LogP contribution in [0.1, 0.15) is 25.0 Å². The van der Waals surface area contributed by atoms with E-state index in [4.69, 9.17) is 0 Å². The number of rotatable bonds is 6. The molecule has 0 radical (unpaired) electrons. The molecule has 0 fully saturated rings. The van der Waals surface area contributed by atoms with E-state index >= 15 is 0 Å². The van der Waals surface area contributed by atoms with Gasteiger partial charge < -0.3 is 4.90 Å². The van der Waals surface area contributed by atoms with E-state index in [1.54, 1.807) is 0 Å². The normalized spacial score (nSPS) is 13.0. The van der Waals surface area contributed by atoms with Gasteiger partial charge in [-0.15, -0.1) is 0 Å². The standard InChI is InChI=1S/C53H39N3/c1-53(2)46-26-14-12-23-43(46)44-34-33-41(35-47(44)53)54(37-17-6-3-7-18-37)40-31-29-36(30-32-40)42-25-16-28-49-50(42)51-45-24-13-15-27-48(45)55(38-19-8-4-9-20-38)52(51)56(49)39-21-10-5-11-22-39/h3-35H,1-2H3. The van der Waals surface area contributed by atoms with E-state index in [2.05, 4.69) is 228 Å². The first-order valence-corrected chi connectivity index (χ1v) is 19.5. The molecular formula is C53H39N3. The molecule has 266 valence electrons. The second-order valence-electron chi connectivity index (χ2n) is 15.4. The summed E-state index contributed by atoms with van der Waals surface area (Å²) in [4.78, 5) is 2.39. The maximum Gasteiger partial charge on any atom is 0.131 e. The van der Waals surface area contributed by atoms with Crippen LogP contribution in [0.5, 0.6) is 0 Å². The molecule has 0 aliphatic heterocycles. The Morgan fingerprint density at radius 3 is 1.66 bits per heavy atom. The van der Waals surface area contributed by atoms with Crippen molar-refractivity contribution in [2.24, 2.45) is 0 Å². The molecule has 1 aliphatic rings. The van der Waals surface area contributed by atoms with Gasteiger partial charge >= 0.3 is 0 Å². The van der Waals surface area contributed by atoms with Crippen molar-refractivity contribution < 1.29 is 0 Å². The minimum Gasteiger partial charge on any atom is -0.310 e. The van der Waals surface area contributed by atoms with E-state index in [0.29, 0.717) is 0 Å². The largest absolute Gasteiger partial charge is 0.310 e. The Balaban J connectivity index is 1.11. The summed E-state index contributed by atoms with van der Waals surface area (Å²) in [6.07, 6.45) is 0. The lowest BCUT2D eigenvalue weighted by molar-refractivity contribution is 0.660. The Labute approximate surface area is 327 Å². The minimum absolute atomic E-state index is 0.0854. The number of nitrogens with zero attached hydrogens (tertiary/aromatic N) is 3. The van der Waals surface area contributed by atoms with E-state index in [1.165, 1.54) is 66.2 Å². The maximum absolute atomic E-state index is 2.44. The third-order valence-corrected chi connectivity index (χ3v) is 11.9. The summed E-state index contributed by atoms with van der Waals surface area (Å²) < 4.78 is 4.87. The number of benzene rings is 8. The van der Waals surface area contributed by atoms with Crippen LogP contribution in [0, 0.1) is 0 Å². The molecule has 0 atom stereocenters. The first kappa shape index (κ1) is 32.3. The van der Waals surface area contributed by atoms with Gasteiger partial charge in [-0.2, -0.15) is 0 Å². The molecule has 0 amide bonds. The van der Waals surface area contributed by atoms with Crippen LogP contribution in [0.3, 0.4) is 0 Å². The van der Waals surface area contributed by atoms with E-state index < -0.39 is 0 Å². The van der Waals surface area contributed by atoms with Gasteiger partial charge in [-0.3, -0.25) is 9.13 Å². The van der Waals surface area contributed by atoms with Crippen molar-refractivity contribution in [3.8, 4) is 33.6 Å². The molecular weight excluding hydrogens is 679 g/mol. The average Bonchev–Trinajstić information content (AvgIpc) is 3.85. The van der Waals surface area contributed by atoms with Gasteiger partial charge in [0, 0.05) is 50.0 Å². The van der Waals surface area contributed by atoms with Gasteiger partial charge in [-0.1, -0.05) is 141 Å². The average molecular weight is 718 g/mol. The van der Waals surface area contributed by atoms with Crippen molar-refractivity contribution in [1.29, 1.82) is 0 Å². The van der Waals surface area contributed by atoms with Crippen LogP contribution in [-0.2, 0) is 5.41 Å². The van der Waals surface area contributed by atoms with Crippen LogP contribution in [0.15, 0.2) is 200 Å². The molecule has 2 heterocycles. The predicted octanol–water partition coefficient (Wildman–Crippen LogP) is 14.2. The summed E-state index contributed by atoms with van der Waals surface area (Å²) in [5.41, 5.74) is 17.0. The molecule has 1 aliphatic carbocycles. The van der Waals surface area contributed by atoms with E-state index in [0.717, 1.165) is 28.4 Å². The first-order valence-electron chi connectivity index (χ1n) is 19.5. The van der Waals surface area contributed by atoms with Crippen LogP contribution < -0.4 is 4.90 Å². The first-order chi connectivity index (χ1) is 27.6. The number of hydrogen-bond donors (Lipinski definition) is 0. The fourth-order valence-corrected chi connectivity index (χ4v) is 9.35. The molecule has 2 aromatic heterocycles. The highest BCUT2D eigenvalue weighted by Gasteiger charge is 2.35. The lowest BCUT2D eigenvalue weighted by atomic mass is 9.82. The van der Waals surface area contributed by atoms with Gasteiger partial charge in [0.15, 0.2) is 0 Å². The quantitative estimate of drug-likeness (QED) is 0.167. The van der Waals surface area contributed by atoms with Gasteiger partial charge in [0.2, 0.25) is 0 Å². The second-order valence-corrected chi connectivity index (χ2v) is 15.4. The van der Waals surface area contributed by atoms with Crippen LogP contribution in [-0.4, -0.2) is 9.13 Å². The number of hydrogen-bond acceptors (Lipinski definition) is 1. The highest BCUT2D eigenvalue weighted by atomic mass is 15.1. The summed E-state index contributed by atoms with van der Waals surface area (Å²) in [5, 5.41) is 3.76. The van der Waals surface area contributed by atoms with Crippen molar-refractivity contribution in [3.63, 3.8) is 0 Å². The lowest BCUT2D eigenvalue weighted by Gasteiger charge is -2.28. The monoisotopic (exact) mass is 717 g/mol. The SMILES string of the molecule is CC1(C)c2ccccc2-c2ccc(N(c3ccccc3)c3ccc(-c4cccc5c4c4c6ccccc6n(-c6ccccc6)c4n5-c4ccccc4)cc3)cc21. The van der Waals surface area contributed by atoms with Crippen molar-refractivity contribution in [2.75, 3.05) is 4.90 Å². The van der Waals surface area contributed by atoms with E-state index in [9.17, 15) is 0 Å². The summed E-state index contributed by atoms with van der Waals surface area (Å²) in [6, 6.07) is 72.9. The molecule has 8 aromatic carbocycles. The third-order valence-electron chi connectivity index (χ3n) is 11.9. The molecule has 3 heteroatoms. The van der Waals surface area contributed by atoms with Gasteiger partial charge in [0.1, 0.15) is 5.65 Å². The van der Waals surface area contributed by atoms with Crippen molar-refractivity contribution in [2.45, 2.75) is 19.3 Å². The molecule has 10 aromatic rings. The number of para-hydroxylation sites is 4. The van der Waals surface area contributed by atoms with Gasteiger partial charge in [0.25, 0.3) is 0 Å². The molecule has 3 nitrogen and oxygen atoms in total. The van der Waals surface area contributed by atoms with Crippen molar-refractivity contribution in [1.82, 2.24) is 9.13 Å². The highest BCUT2D eigenvalue weighted by molar-refractivity contribution is 6.26. The number of aromatic nitrogens is 2. The summed E-state index contributed by atoms with van der Waals surface area (Å²) in [6.45, 7) is 4.70. The van der Waals surface area contributed by atoms with Gasteiger partial charge in [-0.05, 0) is 106 Å². The molecule has 56 heavy (non-hydrogen) atoms. The Hall–Kier alpha value is -7.10. The van der Waals surface area contributed by atoms with Crippen LogP contribution in [0.4, 0.5) is 17.1 Å². The molecule has 0 spiro atoms. The smallest absolute Gasteiger partial charge is 0.131 e. The molecule has 0 N–H and O–H groups in total. The van der Waals surface area contributed by atoms with Crippen LogP contribution >= 0.6 is 0 Å². The zero-order chi connectivity index (χ0) is 37.4. The Morgan fingerprint density at radius 1 is 0.393 bits per heavy atom. The highest BCUT2D eigenvalue weighted by Crippen LogP contribution is 2.51. The fourth-order valence-electron chi connectivity index (χ4n) is 9.35. The summed E-state index contributed by atoms with van der Waals surface area (Å²) in [7, 11) is 0. The van der Waals surface area contributed by atoms with Crippen molar-refractivity contribution >= 4 is 49.9 Å². The molecule has 0 saturated heterocycles. The second kappa shape index (κ2) is 12.5. The van der Waals surface area contributed by atoms with Crippen LogP contribution in [0.25, 0.3) is 66.5 Å². The predicted molar refractivity (Wildman–Crippen MR) is 235 cm³/mol. The zero-order valence-corrected chi connectivity index (χ0v) is 31.4.